The topological polar surface area (TPSA) is 53.6 Å². The van der Waals surface area contributed by atoms with E-state index in [1.54, 1.807) is 4.90 Å². The molecule has 0 aliphatic carbocycles. The normalized spacial score (nSPS) is 34.7. The average molecular weight is 245 g/mol. The number of rotatable bonds is 2. The molecule has 0 aromatic heterocycles. The number of piperidine rings is 1. The van der Waals surface area contributed by atoms with Gasteiger partial charge in [0.15, 0.2) is 0 Å². The highest BCUT2D eigenvalue weighted by molar-refractivity contribution is 5.79. The zero-order valence-corrected chi connectivity index (χ0v) is 10.1. The Morgan fingerprint density at radius 3 is 2.82 bits per heavy atom. The number of hydrogen-bond donors (Lipinski definition) is 2. The summed E-state index contributed by atoms with van der Waals surface area (Å²) in [6.45, 7) is 2.17. The summed E-state index contributed by atoms with van der Waals surface area (Å²) < 4.78 is 18.7. The molecule has 1 unspecified atom stereocenters. The second-order valence-corrected chi connectivity index (χ2v) is 4.66. The molecule has 5 nitrogen and oxygen atoms in total. The fraction of sp³-hybridized carbons (Fsp3) is 0.909. The summed E-state index contributed by atoms with van der Waals surface area (Å²) in [5, 5.41) is 0. The third-order valence-electron chi connectivity index (χ3n) is 3.54. The van der Waals surface area contributed by atoms with Crippen LogP contribution in [0.1, 0.15) is 12.8 Å². The number of carbonyl (C=O) groups excluding carboxylic acids is 1. The maximum absolute atomic E-state index is 13.7. The highest BCUT2D eigenvalue weighted by Gasteiger charge is 2.34. The van der Waals surface area contributed by atoms with Crippen molar-refractivity contribution in [2.45, 2.75) is 25.1 Å². The number of hydrazine groups is 1. The van der Waals surface area contributed by atoms with Crippen molar-refractivity contribution < 1.29 is 13.9 Å². The lowest BCUT2D eigenvalue weighted by atomic mass is 9.99. The van der Waals surface area contributed by atoms with Crippen LogP contribution in [0, 0.1) is 5.92 Å². The van der Waals surface area contributed by atoms with E-state index in [1.807, 2.05) is 0 Å². The molecule has 3 atom stereocenters. The Bertz CT molecular complexity index is 271. The molecule has 2 N–H and O–H groups in total. The largest absolute Gasteiger partial charge is 0.378 e. The SMILES string of the molecule is CO[C@H]1CCN(C(=O)C2CCNNC2)C[C@H]1F. The maximum atomic E-state index is 13.7. The minimum absolute atomic E-state index is 0.0254. The van der Waals surface area contributed by atoms with E-state index < -0.39 is 6.17 Å². The van der Waals surface area contributed by atoms with Gasteiger partial charge in [0.2, 0.25) is 5.91 Å². The monoisotopic (exact) mass is 245 g/mol. The summed E-state index contributed by atoms with van der Waals surface area (Å²) in [5.74, 6) is 0.0405. The first kappa shape index (κ1) is 12.7. The Labute approximate surface area is 101 Å². The van der Waals surface area contributed by atoms with Crippen LogP contribution in [0.15, 0.2) is 0 Å². The zero-order valence-electron chi connectivity index (χ0n) is 10.1. The minimum Gasteiger partial charge on any atom is -0.378 e. The quantitative estimate of drug-likeness (QED) is 0.700. The Morgan fingerprint density at radius 2 is 2.24 bits per heavy atom. The third-order valence-corrected chi connectivity index (χ3v) is 3.54. The van der Waals surface area contributed by atoms with E-state index in [4.69, 9.17) is 4.74 Å². The molecule has 2 heterocycles. The van der Waals surface area contributed by atoms with Crippen LogP contribution < -0.4 is 10.9 Å². The number of amides is 1. The van der Waals surface area contributed by atoms with Gasteiger partial charge < -0.3 is 9.64 Å². The van der Waals surface area contributed by atoms with E-state index in [0.717, 1.165) is 13.0 Å². The molecule has 6 heteroatoms. The molecule has 0 bridgehead atoms. The molecule has 0 aromatic rings. The first-order valence-corrected chi connectivity index (χ1v) is 6.13. The van der Waals surface area contributed by atoms with Gasteiger partial charge in [-0.15, -0.1) is 0 Å². The molecule has 2 fully saturated rings. The van der Waals surface area contributed by atoms with Crippen LogP contribution in [-0.4, -0.2) is 56.4 Å². The fourth-order valence-corrected chi connectivity index (χ4v) is 2.45. The van der Waals surface area contributed by atoms with Crippen LogP contribution in [0.5, 0.6) is 0 Å². The van der Waals surface area contributed by atoms with Crippen LogP contribution in [0.3, 0.4) is 0 Å². The summed E-state index contributed by atoms with van der Waals surface area (Å²) in [7, 11) is 1.52. The van der Waals surface area contributed by atoms with E-state index in [9.17, 15) is 9.18 Å². The number of nitrogens with one attached hydrogen (secondary N) is 2. The van der Waals surface area contributed by atoms with Crippen molar-refractivity contribution in [2.24, 2.45) is 5.92 Å². The van der Waals surface area contributed by atoms with Gasteiger partial charge in [0.1, 0.15) is 6.17 Å². The van der Waals surface area contributed by atoms with Crippen molar-refractivity contribution in [1.29, 1.82) is 0 Å². The van der Waals surface area contributed by atoms with Crippen molar-refractivity contribution >= 4 is 5.91 Å². The highest BCUT2D eigenvalue weighted by atomic mass is 19.1. The second kappa shape index (κ2) is 5.75. The van der Waals surface area contributed by atoms with Gasteiger partial charge in [-0.3, -0.25) is 15.6 Å². The Balaban J connectivity index is 1.87. The first-order chi connectivity index (χ1) is 8.22. The van der Waals surface area contributed by atoms with Crippen molar-refractivity contribution in [1.82, 2.24) is 15.8 Å². The first-order valence-electron chi connectivity index (χ1n) is 6.13. The fourth-order valence-electron chi connectivity index (χ4n) is 2.45. The van der Waals surface area contributed by atoms with Gasteiger partial charge in [-0.2, -0.15) is 0 Å². The lowest BCUT2D eigenvalue weighted by Crippen LogP contribution is -2.53. The molecule has 2 aliphatic heterocycles. The molecule has 0 aromatic carbocycles. The second-order valence-electron chi connectivity index (χ2n) is 4.66. The molecular formula is C11H20FN3O2. The molecule has 17 heavy (non-hydrogen) atoms. The molecule has 0 radical (unpaired) electrons. The van der Waals surface area contributed by atoms with E-state index in [-0.39, 0.29) is 24.5 Å². The summed E-state index contributed by atoms with van der Waals surface area (Å²) in [4.78, 5) is 13.8. The van der Waals surface area contributed by atoms with Crippen LogP contribution in [-0.2, 0) is 9.53 Å². The zero-order chi connectivity index (χ0) is 12.3. The van der Waals surface area contributed by atoms with Gasteiger partial charge in [0.05, 0.1) is 18.6 Å². The van der Waals surface area contributed by atoms with E-state index in [1.165, 1.54) is 7.11 Å². The average Bonchev–Trinajstić information content (AvgIpc) is 2.39. The predicted octanol–water partition coefficient (Wildman–Crippen LogP) is -0.314. The third kappa shape index (κ3) is 2.94. The van der Waals surface area contributed by atoms with Crippen molar-refractivity contribution in [2.75, 3.05) is 33.3 Å². The number of ether oxygens (including phenoxy) is 1. The minimum atomic E-state index is -1.06. The molecular weight excluding hydrogens is 225 g/mol. The van der Waals surface area contributed by atoms with Gasteiger partial charge in [0.25, 0.3) is 0 Å². The summed E-state index contributed by atoms with van der Waals surface area (Å²) in [5.41, 5.74) is 5.95. The smallest absolute Gasteiger partial charge is 0.227 e. The van der Waals surface area contributed by atoms with Gasteiger partial charge in [-0.25, -0.2) is 4.39 Å². The predicted molar refractivity (Wildman–Crippen MR) is 61.0 cm³/mol. The van der Waals surface area contributed by atoms with Crippen LogP contribution in [0.25, 0.3) is 0 Å². The lowest BCUT2D eigenvalue weighted by molar-refractivity contribution is -0.141. The van der Waals surface area contributed by atoms with Gasteiger partial charge in [0, 0.05) is 26.7 Å². The van der Waals surface area contributed by atoms with E-state index in [2.05, 4.69) is 10.9 Å². The molecule has 0 saturated carbocycles. The van der Waals surface area contributed by atoms with Gasteiger partial charge in [-0.05, 0) is 12.8 Å². The maximum Gasteiger partial charge on any atom is 0.227 e. The molecule has 2 aliphatic rings. The number of carbonyl (C=O) groups is 1. The number of methoxy groups -OCH3 is 1. The highest BCUT2D eigenvalue weighted by Crippen LogP contribution is 2.19. The van der Waals surface area contributed by atoms with E-state index >= 15 is 0 Å². The molecule has 1 amide bonds. The summed E-state index contributed by atoms with van der Waals surface area (Å²) in [6, 6.07) is 0. The molecule has 2 rings (SSSR count). The van der Waals surface area contributed by atoms with Crippen molar-refractivity contribution in [3.8, 4) is 0 Å². The standard InChI is InChI=1S/C11H20FN3O2/c1-17-10-3-5-15(7-9(10)12)11(16)8-2-4-13-14-6-8/h8-10,13-14H,2-7H2,1H3/t8?,9-,10+/m1/s1. The van der Waals surface area contributed by atoms with E-state index in [0.29, 0.717) is 19.5 Å². The molecule has 98 valence electrons. The van der Waals surface area contributed by atoms with Crippen LogP contribution >= 0.6 is 0 Å². The summed E-state index contributed by atoms with van der Waals surface area (Å²) in [6.07, 6.45) is -0.0213. The van der Waals surface area contributed by atoms with Crippen molar-refractivity contribution in [3.63, 3.8) is 0 Å². The van der Waals surface area contributed by atoms with Crippen LogP contribution in [0.2, 0.25) is 0 Å². The Morgan fingerprint density at radius 1 is 1.41 bits per heavy atom. The number of nitrogens with zero attached hydrogens (tertiary/aromatic N) is 1. The van der Waals surface area contributed by atoms with Gasteiger partial charge >= 0.3 is 0 Å². The Hall–Kier alpha value is -0.720. The number of alkyl halides is 1. The summed E-state index contributed by atoms with van der Waals surface area (Å²) >= 11 is 0. The number of likely N-dealkylation sites (tertiary alicyclic amines) is 1. The van der Waals surface area contributed by atoms with Gasteiger partial charge in [-0.1, -0.05) is 0 Å². The number of hydrogen-bond acceptors (Lipinski definition) is 4. The van der Waals surface area contributed by atoms with Crippen LogP contribution in [0.4, 0.5) is 4.39 Å². The van der Waals surface area contributed by atoms with Crippen molar-refractivity contribution in [3.05, 3.63) is 0 Å². The molecule has 0 spiro atoms. The molecule has 2 saturated heterocycles. The lowest BCUT2D eigenvalue weighted by Gasteiger charge is -2.36. The Kier molecular flexibility index (Phi) is 4.31. The number of halogens is 1.